The second-order valence-corrected chi connectivity index (χ2v) is 3.85. The lowest BCUT2D eigenvalue weighted by Crippen LogP contribution is -2.14. The first-order valence-corrected chi connectivity index (χ1v) is 5.30. The molecule has 0 fully saturated rings. The third kappa shape index (κ3) is 2.76. The normalized spacial score (nSPS) is 10.2. The van der Waals surface area contributed by atoms with Gasteiger partial charge in [-0.3, -0.25) is 9.48 Å². The maximum Gasteiger partial charge on any atom is 0.337 e. The van der Waals surface area contributed by atoms with Crippen molar-refractivity contribution in [1.82, 2.24) is 9.78 Å². The van der Waals surface area contributed by atoms with Crippen LogP contribution in [0.25, 0.3) is 0 Å². The van der Waals surface area contributed by atoms with Gasteiger partial charge >= 0.3 is 5.97 Å². The number of hydrogen-bond acceptors (Lipinski definition) is 3. The molecule has 1 heterocycles. The third-order valence-corrected chi connectivity index (χ3v) is 2.43. The second-order valence-electron chi connectivity index (χ2n) is 3.85. The summed E-state index contributed by atoms with van der Waals surface area (Å²) in [5, 5.41) is 15.1. The predicted molar refractivity (Wildman–Crippen MR) is 64.5 cm³/mol. The molecule has 0 atom stereocenters. The number of benzene rings is 1. The summed E-state index contributed by atoms with van der Waals surface area (Å²) >= 11 is 0. The summed E-state index contributed by atoms with van der Waals surface area (Å²) in [6.45, 7) is 0. The van der Waals surface area contributed by atoms with E-state index < -0.39 is 17.7 Å². The number of carboxylic acids is 1. The highest BCUT2D eigenvalue weighted by Crippen LogP contribution is 2.18. The van der Waals surface area contributed by atoms with Crippen LogP contribution in [-0.2, 0) is 7.05 Å². The summed E-state index contributed by atoms with van der Waals surface area (Å²) in [4.78, 5) is 22.8. The molecule has 0 unspecified atom stereocenters. The lowest BCUT2D eigenvalue weighted by Gasteiger charge is -2.07. The van der Waals surface area contributed by atoms with Crippen LogP contribution < -0.4 is 5.32 Å². The van der Waals surface area contributed by atoms with E-state index in [2.05, 4.69) is 10.4 Å². The van der Waals surface area contributed by atoms with Crippen LogP contribution in [0.2, 0.25) is 0 Å². The Kier molecular flexibility index (Phi) is 3.28. The van der Waals surface area contributed by atoms with E-state index in [1.54, 1.807) is 7.05 Å². The monoisotopic (exact) mass is 263 g/mol. The van der Waals surface area contributed by atoms with E-state index in [-0.39, 0.29) is 16.8 Å². The molecule has 19 heavy (non-hydrogen) atoms. The zero-order chi connectivity index (χ0) is 14.0. The Balaban J connectivity index is 2.30. The van der Waals surface area contributed by atoms with E-state index in [4.69, 9.17) is 5.11 Å². The van der Waals surface area contributed by atoms with Gasteiger partial charge < -0.3 is 10.4 Å². The fraction of sp³-hybridized carbons (Fsp3) is 0.0833. The van der Waals surface area contributed by atoms with Crippen LogP contribution in [0.4, 0.5) is 10.1 Å². The Labute approximate surface area is 107 Å². The first-order valence-electron chi connectivity index (χ1n) is 5.30. The minimum atomic E-state index is -1.25. The van der Waals surface area contributed by atoms with Crippen LogP contribution in [-0.4, -0.2) is 26.8 Å². The molecule has 2 aromatic rings. The van der Waals surface area contributed by atoms with Gasteiger partial charge in [0, 0.05) is 13.2 Å². The molecule has 2 N–H and O–H groups in total. The number of aromatic carboxylic acids is 1. The number of carboxylic acid groups (broad SMARTS) is 1. The Morgan fingerprint density at radius 2 is 2.16 bits per heavy atom. The van der Waals surface area contributed by atoms with Crippen LogP contribution in [0.15, 0.2) is 30.6 Å². The fourth-order valence-electron chi connectivity index (χ4n) is 1.54. The third-order valence-electron chi connectivity index (χ3n) is 2.43. The number of aromatic nitrogens is 2. The van der Waals surface area contributed by atoms with Gasteiger partial charge in [-0.05, 0) is 18.2 Å². The Morgan fingerprint density at radius 3 is 2.74 bits per heavy atom. The van der Waals surface area contributed by atoms with E-state index in [1.165, 1.54) is 17.1 Å². The van der Waals surface area contributed by atoms with Gasteiger partial charge in [0.1, 0.15) is 5.82 Å². The van der Waals surface area contributed by atoms with Crippen LogP contribution in [0.1, 0.15) is 20.7 Å². The summed E-state index contributed by atoms with van der Waals surface area (Å²) in [6, 6.07) is 3.07. The Hall–Kier alpha value is -2.70. The quantitative estimate of drug-likeness (QED) is 0.879. The lowest BCUT2D eigenvalue weighted by atomic mass is 10.1. The molecule has 1 aromatic heterocycles. The number of nitrogens with zero attached hydrogens (tertiary/aromatic N) is 2. The molecule has 1 amide bonds. The SMILES string of the molecule is Cn1cc(C(=O)Nc2cc(F)ccc2C(=O)O)cn1. The average Bonchev–Trinajstić information content (AvgIpc) is 2.75. The van der Waals surface area contributed by atoms with Gasteiger partial charge in [-0.25, -0.2) is 9.18 Å². The van der Waals surface area contributed by atoms with Crippen molar-refractivity contribution in [3.63, 3.8) is 0 Å². The van der Waals surface area contributed by atoms with Crippen molar-refractivity contribution < 1.29 is 19.1 Å². The number of halogens is 1. The highest BCUT2D eigenvalue weighted by molar-refractivity contribution is 6.07. The smallest absolute Gasteiger partial charge is 0.337 e. The van der Waals surface area contributed by atoms with E-state index in [0.29, 0.717) is 0 Å². The summed E-state index contributed by atoms with van der Waals surface area (Å²) in [5.74, 6) is -2.44. The number of nitrogens with one attached hydrogen (secondary N) is 1. The summed E-state index contributed by atoms with van der Waals surface area (Å²) in [5.41, 5.74) is -0.0249. The molecule has 0 saturated heterocycles. The number of hydrogen-bond donors (Lipinski definition) is 2. The lowest BCUT2D eigenvalue weighted by molar-refractivity contribution is 0.0698. The maximum atomic E-state index is 13.1. The van der Waals surface area contributed by atoms with Gasteiger partial charge in [0.2, 0.25) is 0 Å². The summed E-state index contributed by atoms with van der Waals surface area (Å²) < 4.78 is 14.5. The number of aryl methyl sites for hydroxylation is 1. The minimum absolute atomic E-state index is 0.0960. The molecule has 0 aliphatic heterocycles. The van der Waals surface area contributed by atoms with E-state index >= 15 is 0 Å². The van der Waals surface area contributed by atoms with Crippen molar-refractivity contribution in [2.24, 2.45) is 7.05 Å². The summed E-state index contributed by atoms with van der Waals surface area (Å²) in [7, 11) is 1.64. The molecule has 0 aliphatic rings. The van der Waals surface area contributed by atoms with E-state index in [0.717, 1.165) is 18.2 Å². The van der Waals surface area contributed by atoms with Gasteiger partial charge in [-0.2, -0.15) is 5.10 Å². The van der Waals surface area contributed by atoms with Crippen LogP contribution >= 0.6 is 0 Å². The topological polar surface area (TPSA) is 84.2 Å². The van der Waals surface area contributed by atoms with Crippen molar-refractivity contribution in [3.8, 4) is 0 Å². The number of carbonyl (C=O) groups is 2. The van der Waals surface area contributed by atoms with Gasteiger partial charge in [0.25, 0.3) is 5.91 Å². The first-order chi connectivity index (χ1) is 8.97. The van der Waals surface area contributed by atoms with Gasteiger partial charge in [0.05, 0.1) is 23.0 Å². The summed E-state index contributed by atoms with van der Waals surface area (Å²) in [6.07, 6.45) is 2.80. The van der Waals surface area contributed by atoms with E-state index in [1.807, 2.05) is 0 Å². The zero-order valence-corrected chi connectivity index (χ0v) is 9.92. The van der Waals surface area contributed by atoms with Crippen molar-refractivity contribution in [1.29, 1.82) is 0 Å². The average molecular weight is 263 g/mol. The van der Waals surface area contributed by atoms with Gasteiger partial charge in [-0.1, -0.05) is 0 Å². The van der Waals surface area contributed by atoms with E-state index in [9.17, 15) is 14.0 Å². The molecule has 0 aliphatic carbocycles. The number of anilines is 1. The largest absolute Gasteiger partial charge is 0.478 e. The number of carbonyl (C=O) groups excluding carboxylic acids is 1. The minimum Gasteiger partial charge on any atom is -0.478 e. The molecule has 2 rings (SSSR count). The predicted octanol–water partition coefficient (Wildman–Crippen LogP) is 1.51. The molecule has 0 spiro atoms. The van der Waals surface area contributed by atoms with Crippen LogP contribution in [0.5, 0.6) is 0 Å². The second kappa shape index (κ2) is 4.89. The van der Waals surface area contributed by atoms with Gasteiger partial charge in [0.15, 0.2) is 0 Å². The zero-order valence-electron chi connectivity index (χ0n) is 9.92. The molecule has 7 heteroatoms. The molecular formula is C12H10FN3O3. The molecule has 98 valence electrons. The Bertz CT molecular complexity index is 651. The highest BCUT2D eigenvalue weighted by atomic mass is 19.1. The van der Waals surface area contributed by atoms with Crippen molar-refractivity contribution >= 4 is 17.6 Å². The first kappa shape index (κ1) is 12.7. The maximum absolute atomic E-state index is 13.1. The standard InChI is InChI=1S/C12H10FN3O3/c1-16-6-7(5-14-16)11(17)15-10-4-8(13)2-3-9(10)12(18)19/h2-6H,1H3,(H,15,17)(H,18,19). The Morgan fingerprint density at radius 1 is 1.42 bits per heavy atom. The molecule has 0 bridgehead atoms. The molecule has 0 radical (unpaired) electrons. The molecule has 1 aromatic carbocycles. The fourth-order valence-corrected chi connectivity index (χ4v) is 1.54. The highest BCUT2D eigenvalue weighted by Gasteiger charge is 2.15. The van der Waals surface area contributed by atoms with Crippen molar-refractivity contribution in [2.75, 3.05) is 5.32 Å². The van der Waals surface area contributed by atoms with Crippen molar-refractivity contribution in [2.45, 2.75) is 0 Å². The van der Waals surface area contributed by atoms with Crippen molar-refractivity contribution in [3.05, 3.63) is 47.5 Å². The molecule has 6 nitrogen and oxygen atoms in total. The molecule has 0 saturated carbocycles. The van der Waals surface area contributed by atoms with Crippen LogP contribution in [0, 0.1) is 5.82 Å². The number of amides is 1. The van der Waals surface area contributed by atoms with Crippen LogP contribution in [0.3, 0.4) is 0 Å². The van der Waals surface area contributed by atoms with Gasteiger partial charge in [-0.15, -0.1) is 0 Å². The molecular weight excluding hydrogens is 253 g/mol. The number of rotatable bonds is 3.